The molecule has 0 amide bonds. The summed E-state index contributed by atoms with van der Waals surface area (Å²) in [6.45, 7) is 2.37. The molecule has 1 aromatic carbocycles. The molecule has 0 bridgehead atoms. The first-order valence-corrected chi connectivity index (χ1v) is 6.53. The Bertz CT molecular complexity index is 538. The minimum absolute atomic E-state index is 0.0777. The van der Waals surface area contributed by atoms with E-state index in [0.717, 1.165) is 13.0 Å². The maximum atomic E-state index is 13.5. The molecule has 2 nitrogen and oxygen atoms in total. The molecule has 0 aromatic heterocycles. The zero-order chi connectivity index (χ0) is 18.1. The molecule has 0 saturated carbocycles. The molecule has 0 heterocycles. The first kappa shape index (κ1) is 19.5. The third-order valence-electron chi connectivity index (χ3n) is 3.15. The molecule has 1 aromatic rings. The van der Waals surface area contributed by atoms with Crippen molar-refractivity contribution in [3.63, 3.8) is 0 Å². The van der Waals surface area contributed by atoms with E-state index in [1.165, 1.54) is 18.2 Å². The Morgan fingerprint density at radius 3 is 2.00 bits per heavy atom. The molecule has 1 unspecified atom stereocenters. The van der Waals surface area contributed by atoms with Gasteiger partial charge in [0.1, 0.15) is 5.75 Å². The van der Waals surface area contributed by atoms with Crippen molar-refractivity contribution in [2.45, 2.75) is 43.9 Å². The Hall–Kier alpha value is -1.51. The number of rotatable bonds is 6. The average Bonchev–Trinajstić information content (AvgIpc) is 2.36. The molecule has 0 aliphatic carbocycles. The summed E-state index contributed by atoms with van der Waals surface area (Å²) >= 11 is 0. The van der Waals surface area contributed by atoms with Crippen LogP contribution in [0.5, 0.6) is 5.75 Å². The average molecular weight is 348 g/mol. The third-order valence-corrected chi connectivity index (χ3v) is 3.15. The van der Waals surface area contributed by atoms with Crippen LogP contribution >= 0.6 is 0 Å². The van der Waals surface area contributed by atoms with Crippen LogP contribution in [0.4, 0.5) is 30.7 Å². The van der Waals surface area contributed by atoms with Gasteiger partial charge in [-0.3, -0.25) is 0 Å². The summed E-state index contributed by atoms with van der Waals surface area (Å²) in [5.41, 5.74) is -2.97. The molecule has 0 saturated heterocycles. The van der Waals surface area contributed by atoms with Crippen molar-refractivity contribution in [3.05, 3.63) is 29.8 Å². The van der Waals surface area contributed by atoms with Crippen molar-refractivity contribution in [1.82, 2.24) is 0 Å². The minimum Gasteiger partial charge on any atom is -0.493 e. The second-order valence-corrected chi connectivity index (χ2v) is 5.16. The molecule has 1 atom stereocenters. The highest BCUT2D eigenvalue weighted by molar-refractivity contribution is 5.38. The molecule has 0 radical (unpaired) electrons. The number of hydrogen-bond donors (Lipinski definition) is 1. The highest BCUT2D eigenvalue weighted by Crippen LogP contribution is 2.51. The fraction of sp³-hybridized carbons (Fsp3) is 0.571. The molecular weight excluding hydrogens is 333 g/mol. The molecule has 9 heteroatoms. The van der Waals surface area contributed by atoms with Crippen LogP contribution in [0.25, 0.3) is 0 Å². The van der Waals surface area contributed by atoms with Crippen LogP contribution in [-0.2, 0) is 5.60 Å². The second kappa shape index (κ2) is 6.18. The Labute approximate surface area is 127 Å². The van der Waals surface area contributed by atoms with Gasteiger partial charge in [0.15, 0.2) is 0 Å². The van der Waals surface area contributed by atoms with Gasteiger partial charge in [-0.1, -0.05) is 18.2 Å². The van der Waals surface area contributed by atoms with E-state index in [1.54, 1.807) is 6.92 Å². The van der Waals surface area contributed by atoms with Crippen molar-refractivity contribution < 1.29 is 40.6 Å². The van der Waals surface area contributed by atoms with Crippen molar-refractivity contribution in [3.8, 4) is 5.75 Å². The van der Waals surface area contributed by atoms with E-state index < -0.39 is 30.0 Å². The summed E-state index contributed by atoms with van der Waals surface area (Å²) < 4.78 is 94.6. The molecule has 1 N–H and O–H groups in total. The highest BCUT2D eigenvalue weighted by Gasteiger charge is 2.73. The highest BCUT2D eigenvalue weighted by atomic mass is 19.4. The largest absolute Gasteiger partial charge is 0.493 e. The Morgan fingerprint density at radius 1 is 1.00 bits per heavy atom. The summed E-state index contributed by atoms with van der Waals surface area (Å²) in [6.07, 6.45) is -8.57. The lowest BCUT2D eigenvalue weighted by Gasteiger charge is -2.34. The summed E-state index contributed by atoms with van der Waals surface area (Å²) in [4.78, 5) is 0. The van der Waals surface area contributed by atoms with Crippen LogP contribution in [0.2, 0.25) is 0 Å². The number of hydrogen-bond acceptors (Lipinski definition) is 2. The smallest absolute Gasteiger partial charge is 0.459 e. The number of halogens is 7. The minimum atomic E-state index is -6.44. The van der Waals surface area contributed by atoms with Gasteiger partial charge >= 0.3 is 18.0 Å². The van der Waals surface area contributed by atoms with Crippen LogP contribution in [0.1, 0.15) is 25.8 Å². The van der Waals surface area contributed by atoms with E-state index >= 15 is 0 Å². The summed E-state index contributed by atoms with van der Waals surface area (Å²) in [6, 6.07) is 5.15. The standard InChI is InChI=1S/C14H15F7O2/c1-3-23-10-7-5-4-6-9(10)11(2,22)8-12(15,16)13(17,18)14(19,20)21/h4-7,22H,3,8H2,1-2H3. The van der Waals surface area contributed by atoms with Crippen molar-refractivity contribution in [2.75, 3.05) is 6.61 Å². The number of benzene rings is 1. The van der Waals surface area contributed by atoms with Gasteiger partial charge < -0.3 is 9.84 Å². The molecule has 23 heavy (non-hydrogen) atoms. The number of ether oxygens (including phenoxy) is 1. The molecule has 1 rings (SSSR count). The molecular formula is C14H15F7O2. The molecule has 132 valence electrons. The van der Waals surface area contributed by atoms with E-state index in [-0.39, 0.29) is 17.9 Å². The Balaban J connectivity index is 3.20. The first-order valence-electron chi connectivity index (χ1n) is 6.53. The van der Waals surface area contributed by atoms with Gasteiger partial charge in [0.25, 0.3) is 0 Å². The van der Waals surface area contributed by atoms with E-state index in [0.29, 0.717) is 0 Å². The predicted molar refractivity (Wildman–Crippen MR) is 67.7 cm³/mol. The number of alkyl halides is 7. The summed E-state index contributed by atoms with van der Waals surface area (Å²) in [5.74, 6) is -11.9. The third kappa shape index (κ3) is 3.88. The SMILES string of the molecule is CCOc1ccccc1C(C)(O)CC(F)(F)C(F)(F)C(F)(F)F. The zero-order valence-electron chi connectivity index (χ0n) is 12.2. The van der Waals surface area contributed by atoms with Crippen molar-refractivity contribution in [2.24, 2.45) is 0 Å². The fourth-order valence-electron chi connectivity index (χ4n) is 2.04. The van der Waals surface area contributed by atoms with Gasteiger partial charge in [-0.05, 0) is 19.9 Å². The number of para-hydroxylation sites is 1. The van der Waals surface area contributed by atoms with Gasteiger partial charge in [0.2, 0.25) is 0 Å². The monoisotopic (exact) mass is 348 g/mol. The van der Waals surface area contributed by atoms with Gasteiger partial charge in [-0.25, -0.2) is 0 Å². The van der Waals surface area contributed by atoms with Crippen LogP contribution in [0.3, 0.4) is 0 Å². The lowest BCUT2D eigenvalue weighted by molar-refractivity contribution is -0.361. The first-order chi connectivity index (χ1) is 10.3. The van der Waals surface area contributed by atoms with Crippen LogP contribution < -0.4 is 4.74 Å². The van der Waals surface area contributed by atoms with E-state index in [9.17, 15) is 35.8 Å². The molecule has 0 fully saturated rings. The predicted octanol–water partition coefficient (Wildman–Crippen LogP) is 4.52. The zero-order valence-corrected chi connectivity index (χ0v) is 12.2. The summed E-state index contributed by atoms with van der Waals surface area (Å²) in [5, 5.41) is 10.1. The van der Waals surface area contributed by atoms with E-state index in [2.05, 4.69) is 0 Å². The summed E-state index contributed by atoms with van der Waals surface area (Å²) in [7, 11) is 0. The van der Waals surface area contributed by atoms with Crippen molar-refractivity contribution >= 4 is 0 Å². The molecule has 0 aliphatic heterocycles. The van der Waals surface area contributed by atoms with Gasteiger partial charge in [-0.15, -0.1) is 0 Å². The second-order valence-electron chi connectivity index (χ2n) is 5.16. The fourth-order valence-corrected chi connectivity index (χ4v) is 2.04. The maximum Gasteiger partial charge on any atom is 0.459 e. The van der Waals surface area contributed by atoms with E-state index in [1.807, 2.05) is 0 Å². The Morgan fingerprint density at radius 2 is 1.52 bits per heavy atom. The van der Waals surface area contributed by atoms with E-state index in [4.69, 9.17) is 4.74 Å². The topological polar surface area (TPSA) is 29.5 Å². The van der Waals surface area contributed by atoms with Crippen LogP contribution in [0.15, 0.2) is 24.3 Å². The lowest BCUT2D eigenvalue weighted by atomic mass is 9.87. The quantitative estimate of drug-likeness (QED) is 0.766. The molecule has 0 aliphatic rings. The van der Waals surface area contributed by atoms with Gasteiger partial charge in [0, 0.05) is 5.56 Å². The molecule has 0 spiro atoms. The van der Waals surface area contributed by atoms with Gasteiger partial charge in [-0.2, -0.15) is 30.7 Å². The van der Waals surface area contributed by atoms with Crippen molar-refractivity contribution in [1.29, 1.82) is 0 Å². The van der Waals surface area contributed by atoms with Crippen LogP contribution in [-0.4, -0.2) is 29.7 Å². The lowest BCUT2D eigenvalue weighted by Crippen LogP contribution is -2.54. The maximum absolute atomic E-state index is 13.5. The Kier molecular flexibility index (Phi) is 5.25. The number of aliphatic hydroxyl groups is 1. The van der Waals surface area contributed by atoms with Gasteiger partial charge in [0.05, 0.1) is 18.6 Å². The normalized spacial score (nSPS) is 16.1. The van der Waals surface area contributed by atoms with Crippen LogP contribution in [0, 0.1) is 0 Å².